The highest BCUT2D eigenvalue weighted by atomic mass is 35.5. The van der Waals surface area contributed by atoms with Crippen molar-refractivity contribution in [2.24, 2.45) is 5.92 Å². The first kappa shape index (κ1) is 12.8. The highest BCUT2D eigenvalue weighted by Crippen LogP contribution is 2.30. The van der Waals surface area contributed by atoms with Crippen molar-refractivity contribution in [3.05, 3.63) is 9.47 Å². The summed E-state index contributed by atoms with van der Waals surface area (Å²) in [5, 5.41) is 12.6. The largest absolute Gasteiger partial charge is 0.316 e. The van der Waals surface area contributed by atoms with Crippen LogP contribution < -0.4 is 5.32 Å². The molecule has 1 N–H and O–H groups in total. The van der Waals surface area contributed by atoms with Crippen molar-refractivity contribution >= 4 is 22.9 Å². The summed E-state index contributed by atoms with van der Waals surface area (Å²) in [6.45, 7) is 4.46. The molecule has 18 heavy (non-hydrogen) atoms. The molecule has 1 aromatic rings. The molecule has 0 spiro atoms. The second kappa shape index (κ2) is 5.82. The molecule has 0 radical (unpaired) electrons. The van der Waals surface area contributed by atoms with Crippen LogP contribution in [0.1, 0.15) is 30.7 Å². The van der Waals surface area contributed by atoms with Gasteiger partial charge in [-0.25, -0.2) is 0 Å². The van der Waals surface area contributed by atoms with Gasteiger partial charge in [0.1, 0.15) is 5.01 Å². The molecule has 1 saturated carbocycles. The maximum absolute atomic E-state index is 5.85. The molecule has 1 atom stereocenters. The predicted molar refractivity (Wildman–Crippen MR) is 73.9 cm³/mol. The Hall–Kier alpha value is -0.230. The Bertz CT molecular complexity index is 387. The first-order chi connectivity index (χ1) is 8.81. The van der Waals surface area contributed by atoms with Gasteiger partial charge in [0, 0.05) is 12.6 Å². The minimum atomic E-state index is 0.556. The summed E-state index contributed by atoms with van der Waals surface area (Å²) in [7, 11) is 0. The number of hydrogen-bond acceptors (Lipinski definition) is 5. The lowest BCUT2D eigenvalue weighted by Crippen LogP contribution is -2.39. The van der Waals surface area contributed by atoms with E-state index in [-0.39, 0.29) is 0 Å². The van der Waals surface area contributed by atoms with Crippen LogP contribution in [0.2, 0.25) is 4.47 Å². The Kier molecular flexibility index (Phi) is 4.13. The van der Waals surface area contributed by atoms with E-state index in [0.29, 0.717) is 4.47 Å². The number of nitrogens with zero attached hydrogens (tertiary/aromatic N) is 3. The molecule has 3 rings (SSSR count). The molecular formula is C12H19ClN4S. The van der Waals surface area contributed by atoms with E-state index >= 15 is 0 Å². The smallest absolute Gasteiger partial charge is 0.207 e. The minimum absolute atomic E-state index is 0.556. The van der Waals surface area contributed by atoms with E-state index in [1.165, 1.54) is 56.7 Å². The SMILES string of the molecule is Clc1nnc(CN(CC2CCCNC2)C2CC2)s1. The van der Waals surface area contributed by atoms with E-state index in [0.717, 1.165) is 23.5 Å². The van der Waals surface area contributed by atoms with E-state index < -0.39 is 0 Å². The number of hydrogen-bond donors (Lipinski definition) is 1. The van der Waals surface area contributed by atoms with Crippen LogP contribution in [-0.2, 0) is 6.54 Å². The second-order valence-corrected chi connectivity index (χ2v) is 6.97. The Morgan fingerprint density at radius 1 is 1.33 bits per heavy atom. The van der Waals surface area contributed by atoms with Crippen molar-refractivity contribution in [3.8, 4) is 0 Å². The van der Waals surface area contributed by atoms with Crippen LogP contribution >= 0.6 is 22.9 Å². The fourth-order valence-corrected chi connectivity index (χ4v) is 3.56. The van der Waals surface area contributed by atoms with Crippen LogP contribution in [0.25, 0.3) is 0 Å². The monoisotopic (exact) mass is 286 g/mol. The Morgan fingerprint density at radius 2 is 2.22 bits per heavy atom. The molecule has 1 aliphatic carbocycles. The Balaban J connectivity index is 1.57. The first-order valence-electron chi connectivity index (χ1n) is 6.74. The third kappa shape index (κ3) is 3.41. The fraction of sp³-hybridized carbons (Fsp3) is 0.833. The van der Waals surface area contributed by atoms with Crippen LogP contribution in [0.4, 0.5) is 0 Å². The van der Waals surface area contributed by atoms with E-state index in [9.17, 15) is 0 Å². The molecule has 6 heteroatoms. The summed E-state index contributed by atoms with van der Waals surface area (Å²) in [6.07, 6.45) is 5.35. The normalized spacial score (nSPS) is 24.7. The first-order valence-corrected chi connectivity index (χ1v) is 7.93. The van der Waals surface area contributed by atoms with Crippen molar-refractivity contribution in [2.75, 3.05) is 19.6 Å². The van der Waals surface area contributed by atoms with E-state index in [4.69, 9.17) is 11.6 Å². The molecule has 100 valence electrons. The van der Waals surface area contributed by atoms with Crippen LogP contribution in [-0.4, -0.2) is 40.8 Å². The van der Waals surface area contributed by atoms with Gasteiger partial charge in [-0.2, -0.15) is 0 Å². The second-order valence-electron chi connectivity index (χ2n) is 5.32. The van der Waals surface area contributed by atoms with Crippen LogP contribution in [0.5, 0.6) is 0 Å². The molecule has 1 unspecified atom stereocenters. The molecule has 1 saturated heterocycles. The number of aromatic nitrogens is 2. The van der Waals surface area contributed by atoms with Gasteiger partial charge in [-0.3, -0.25) is 4.90 Å². The number of nitrogens with one attached hydrogen (secondary N) is 1. The highest BCUT2D eigenvalue weighted by Gasteiger charge is 2.31. The molecule has 1 aromatic heterocycles. The number of piperidine rings is 1. The van der Waals surface area contributed by atoms with Crippen LogP contribution in [0, 0.1) is 5.92 Å². The maximum atomic E-state index is 5.85. The van der Waals surface area contributed by atoms with E-state index in [2.05, 4.69) is 20.4 Å². The number of rotatable bonds is 5. The summed E-state index contributed by atoms with van der Waals surface area (Å²) < 4.78 is 0.556. The molecule has 2 aliphatic rings. The average Bonchev–Trinajstić information content (AvgIpc) is 3.15. The summed E-state index contributed by atoms with van der Waals surface area (Å²) in [4.78, 5) is 2.58. The van der Waals surface area contributed by atoms with E-state index in [1.807, 2.05) is 0 Å². The van der Waals surface area contributed by atoms with Crippen molar-refractivity contribution in [1.82, 2.24) is 20.4 Å². The lowest BCUT2D eigenvalue weighted by atomic mass is 9.99. The third-order valence-corrected chi connectivity index (χ3v) is 4.74. The van der Waals surface area contributed by atoms with Gasteiger partial charge in [0.25, 0.3) is 0 Å². The lowest BCUT2D eigenvalue weighted by Gasteiger charge is -2.29. The van der Waals surface area contributed by atoms with Crippen LogP contribution in [0.3, 0.4) is 0 Å². The Morgan fingerprint density at radius 3 is 2.83 bits per heavy atom. The maximum Gasteiger partial charge on any atom is 0.207 e. The minimum Gasteiger partial charge on any atom is -0.316 e. The van der Waals surface area contributed by atoms with Gasteiger partial charge < -0.3 is 5.32 Å². The van der Waals surface area contributed by atoms with Gasteiger partial charge in [-0.1, -0.05) is 11.3 Å². The van der Waals surface area contributed by atoms with Crippen molar-refractivity contribution < 1.29 is 0 Å². The molecule has 0 bridgehead atoms. The van der Waals surface area contributed by atoms with Gasteiger partial charge in [0.05, 0.1) is 6.54 Å². The molecule has 1 aliphatic heterocycles. The summed E-state index contributed by atoms with van der Waals surface area (Å²) in [5.41, 5.74) is 0. The van der Waals surface area contributed by atoms with Crippen molar-refractivity contribution in [2.45, 2.75) is 38.3 Å². The quantitative estimate of drug-likeness (QED) is 0.901. The zero-order chi connectivity index (χ0) is 12.4. The fourth-order valence-electron chi connectivity index (χ4n) is 2.66. The van der Waals surface area contributed by atoms with E-state index in [1.54, 1.807) is 0 Å². The van der Waals surface area contributed by atoms with Crippen molar-refractivity contribution in [3.63, 3.8) is 0 Å². The molecule has 0 aromatic carbocycles. The van der Waals surface area contributed by atoms with Gasteiger partial charge in [-0.15, -0.1) is 10.2 Å². The van der Waals surface area contributed by atoms with Gasteiger partial charge in [0.15, 0.2) is 0 Å². The summed E-state index contributed by atoms with van der Waals surface area (Å²) in [5.74, 6) is 0.794. The number of halogens is 1. The molecular weight excluding hydrogens is 268 g/mol. The zero-order valence-electron chi connectivity index (χ0n) is 10.4. The zero-order valence-corrected chi connectivity index (χ0v) is 12.0. The Labute approximate surface area is 117 Å². The third-order valence-electron chi connectivity index (χ3n) is 3.74. The van der Waals surface area contributed by atoms with Gasteiger partial charge >= 0.3 is 0 Å². The van der Waals surface area contributed by atoms with Crippen LogP contribution in [0.15, 0.2) is 0 Å². The predicted octanol–water partition coefficient (Wildman–Crippen LogP) is 2.16. The topological polar surface area (TPSA) is 41.1 Å². The molecule has 2 fully saturated rings. The standard InChI is InChI=1S/C12H19ClN4S/c13-12-16-15-11(18-12)8-17(10-3-4-10)7-9-2-1-5-14-6-9/h9-10,14H,1-8H2. The summed E-state index contributed by atoms with van der Waals surface area (Å²) in [6, 6.07) is 0.773. The average molecular weight is 287 g/mol. The lowest BCUT2D eigenvalue weighted by molar-refractivity contribution is 0.192. The highest BCUT2D eigenvalue weighted by molar-refractivity contribution is 7.15. The molecule has 0 amide bonds. The summed E-state index contributed by atoms with van der Waals surface area (Å²) >= 11 is 7.36. The molecule has 4 nitrogen and oxygen atoms in total. The van der Waals surface area contributed by atoms with Gasteiger partial charge in [0.2, 0.25) is 4.47 Å². The molecule has 2 heterocycles. The van der Waals surface area contributed by atoms with Crippen molar-refractivity contribution in [1.29, 1.82) is 0 Å². The van der Waals surface area contributed by atoms with Gasteiger partial charge in [-0.05, 0) is 56.3 Å².